The van der Waals surface area contributed by atoms with Crippen LogP contribution in [0.3, 0.4) is 0 Å². The molecule has 1 amide bonds. The highest BCUT2D eigenvalue weighted by atomic mass is 16.5. The van der Waals surface area contributed by atoms with E-state index in [1.54, 1.807) is 0 Å². The van der Waals surface area contributed by atoms with Crippen LogP contribution in [-0.2, 0) is 9.53 Å². The minimum atomic E-state index is -0.518. The highest BCUT2D eigenvalue weighted by Gasteiger charge is 2.55. The molecular weight excluding hydrogens is 206 g/mol. The van der Waals surface area contributed by atoms with Crippen LogP contribution in [0.1, 0.15) is 12.8 Å². The number of nitrogens with zero attached hydrogens (tertiary/aromatic N) is 1. The van der Waals surface area contributed by atoms with Gasteiger partial charge in [-0.25, -0.2) is 0 Å². The average molecular weight is 221 g/mol. The third-order valence-corrected chi connectivity index (χ3v) is 3.47. The van der Waals surface area contributed by atoms with Gasteiger partial charge in [0.1, 0.15) is 5.60 Å². The highest BCUT2D eigenvalue weighted by molar-refractivity contribution is 5.88. The second-order valence-electron chi connectivity index (χ2n) is 4.69. The zero-order chi connectivity index (χ0) is 11.2. The Morgan fingerprint density at radius 1 is 1.62 bits per heavy atom. The molecule has 2 fully saturated rings. The van der Waals surface area contributed by atoms with Crippen molar-refractivity contribution in [2.24, 2.45) is 11.7 Å². The molecule has 0 bridgehead atoms. The number of nitrogens with two attached hydrogens (primary N) is 1. The summed E-state index contributed by atoms with van der Waals surface area (Å²) in [5, 5.41) is 2.91. The number of amides is 1. The van der Waals surface area contributed by atoms with Crippen LogP contribution < -0.4 is 11.1 Å². The van der Waals surface area contributed by atoms with Gasteiger partial charge in [0.2, 0.25) is 0 Å². The Labute approximate surface area is 94.3 Å². The molecule has 1 saturated heterocycles. The topological polar surface area (TPSA) is 67.4 Å². The Balaban J connectivity index is 1.62. The monoisotopic (exact) mass is 221 g/mol. The zero-order valence-electron chi connectivity index (χ0n) is 9.03. The number of morpholine rings is 1. The molecule has 0 aromatic rings. The minimum absolute atomic E-state index is 0.0226. The third-order valence-electron chi connectivity index (χ3n) is 3.47. The van der Waals surface area contributed by atoms with E-state index >= 15 is 0 Å². The summed E-state index contributed by atoms with van der Waals surface area (Å²) in [6, 6.07) is 5.74. The molecule has 5 heteroatoms. The fraction of sp³-hybridized carbons (Fsp3) is 0.727. The number of hydrogen-bond acceptors (Lipinski definition) is 4. The smallest absolute Gasteiger partial charge is 0.252 e. The van der Waals surface area contributed by atoms with E-state index in [2.05, 4.69) is 17.4 Å². The summed E-state index contributed by atoms with van der Waals surface area (Å²) in [7, 11) is 0. The van der Waals surface area contributed by atoms with E-state index in [0.717, 1.165) is 19.4 Å². The SMILES string of the molecule is NCC(CN1C#C1)C1CNC(=O)C2(CC2)O1. The first-order chi connectivity index (χ1) is 7.73. The lowest BCUT2D eigenvalue weighted by atomic mass is 10.00. The Kier molecular flexibility index (Phi) is 2.09. The molecule has 2 aliphatic heterocycles. The number of ether oxygens (including phenoxy) is 1. The second kappa shape index (κ2) is 3.37. The van der Waals surface area contributed by atoms with Crippen LogP contribution in [-0.4, -0.2) is 42.1 Å². The van der Waals surface area contributed by atoms with Gasteiger partial charge in [-0.3, -0.25) is 9.69 Å². The van der Waals surface area contributed by atoms with Crippen LogP contribution in [0.2, 0.25) is 0 Å². The number of carbonyl (C=O) groups is 1. The molecule has 2 heterocycles. The number of nitrogens with one attached hydrogen (secondary N) is 1. The molecule has 0 aromatic carbocycles. The van der Waals surface area contributed by atoms with Crippen LogP contribution in [0.15, 0.2) is 0 Å². The predicted octanol–water partition coefficient (Wildman–Crippen LogP) is -1.16. The summed E-state index contributed by atoms with van der Waals surface area (Å²) >= 11 is 0. The second-order valence-corrected chi connectivity index (χ2v) is 4.69. The normalized spacial score (nSPS) is 30.4. The molecule has 0 radical (unpaired) electrons. The largest absolute Gasteiger partial charge is 0.360 e. The summed E-state index contributed by atoms with van der Waals surface area (Å²) in [6.45, 7) is 1.90. The van der Waals surface area contributed by atoms with E-state index in [4.69, 9.17) is 10.5 Å². The summed E-state index contributed by atoms with van der Waals surface area (Å²) in [5.41, 5.74) is 5.23. The molecule has 16 heavy (non-hydrogen) atoms. The van der Waals surface area contributed by atoms with Crippen molar-refractivity contribution in [3.8, 4) is 12.1 Å². The first kappa shape index (κ1) is 9.94. The quantitative estimate of drug-likeness (QED) is 0.588. The van der Waals surface area contributed by atoms with Gasteiger partial charge < -0.3 is 15.8 Å². The molecule has 86 valence electrons. The van der Waals surface area contributed by atoms with Gasteiger partial charge in [-0.15, -0.1) is 0 Å². The molecule has 0 aromatic heterocycles. The van der Waals surface area contributed by atoms with Gasteiger partial charge in [-0.1, -0.05) is 0 Å². The molecule has 3 N–H and O–H groups in total. The van der Waals surface area contributed by atoms with Crippen molar-refractivity contribution < 1.29 is 9.53 Å². The first-order valence-corrected chi connectivity index (χ1v) is 5.68. The van der Waals surface area contributed by atoms with Crippen molar-refractivity contribution in [1.29, 1.82) is 0 Å². The molecule has 1 spiro atoms. The maximum atomic E-state index is 11.6. The van der Waals surface area contributed by atoms with E-state index in [1.807, 2.05) is 4.90 Å². The summed E-state index contributed by atoms with van der Waals surface area (Å²) in [4.78, 5) is 13.4. The number of hydrogen-bond donors (Lipinski definition) is 2. The lowest BCUT2D eigenvalue weighted by Crippen LogP contribution is -2.55. The first-order valence-electron chi connectivity index (χ1n) is 5.68. The average Bonchev–Trinajstić information content (AvgIpc) is 3.16. The maximum Gasteiger partial charge on any atom is 0.252 e. The highest BCUT2D eigenvalue weighted by Crippen LogP contribution is 2.43. The predicted molar refractivity (Wildman–Crippen MR) is 56.9 cm³/mol. The van der Waals surface area contributed by atoms with E-state index in [9.17, 15) is 4.79 Å². The Morgan fingerprint density at radius 3 is 2.94 bits per heavy atom. The Bertz CT molecular complexity index is 372. The zero-order valence-corrected chi connectivity index (χ0v) is 9.03. The van der Waals surface area contributed by atoms with Crippen molar-refractivity contribution in [1.82, 2.24) is 10.2 Å². The lowest BCUT2D eigenvalue weighted by molar-refractivity contribution is -0.153. The summed E-state index contributed by atoms with van der Waals surface area (Å²) in [5.74, 6) is 0.267. The van der Waals surface area contributed by atoms with Crippen LogP contribution in [0, 0.1) is 18.0 Å². The van der Waals surface area contributed by atoms with Crippen molar-refractivity contribution in [3.63, 3.8) is 0 Å². The van der Waals surface area contributed by atoms with Gasteiger partial charge >= 0.3 is 0 Å². The number of rotatable bonds is 4. The molecule has 2 atom stereocenters. The van der Waals surface area contributed by atoms with Gasteiger partial charge in [0.05, 0.1) is 6.10 Å². The van der Waals surface area contributed by atoms with E-state index in [-0.39, 0.29) is 17.9 Å². The van der Waals surface area contributed by atoms with Gasteiger partial charge in [0.25, 0.3) is 5.91 Å². The molecule has 2 unspecified atom stereocenters. The van der Waals surface area contributed by atoms with Gasteiger partial charge in [-0.2, -0.15) is 0 Å². The van der Waals surface area contributed by atoms with Crippen molar-refractivity contribution in [2.45, 2.75) is 24.5 Å². The fourth-order valence-corrected chi connectivity index (χ4v) is 2.17. The van der Waals surface area contributed by atoms with Gasteiger partial charge in [0, 0.05) is 31.1 Å². The molecule has 5 nitrogen and oxygen atoms in total. The van der Waals surface area contributed by atoms with Crippen LogP contribution in [0.25, 0.3) is 0 Å². The fourth-order valence-electron chi connectivity index (χ4n) is 2.17. The van der Waals surface area contributed by atoms with E-state index < -0.39 is 5.60 Å². The van der Waals surface area contributed by atoms with Crippen LogP contribution in [0.4, 0.5) is 0 Å². The summed E-state index contributed by atoms with van der Waals surface area (Å²) < 4.78 is 5.90. The molecule has 3 aliphatic rings. The van der Waals surface area contributed by atoms with Crippen molar-refractivity contribution in [3.05, 3.63) is 0 Å². The molecular formula is C11H15N3O2. The minimum Gasteiger partial charge on any atom is -0.360 e. The van der Waals surface area contributed by atoms with E-state index in [0.29, 0.717) is 13.1 Å². The molecule has 3 rings (SSSR count). The Hall–Kier alpha value is -1.25. The van der Waals surface area contributed by atoms with Crippen LogP contribution in [0.5, 0.6) is 0 Å². The number of carbonyl (C=O) groups excluding carboxylic acids is 1. The third kappa shape index (κ3) is 1.64. The standard InChI is InChI=1S/C11H15N3O2/c12-5-8(7-14-3-4-14)9-6-13-10(15)11(16-9)1-2-11/h8-9H,1-2,5-7,12H2,(H,13,15). The van der Waals surface area contributed by atoms with Crippen LogP contribution >= 0.6 is 0 Å². The molecule has 1 saturated carbocycles. The maximum absolute atomic E-state index is 11.6. The van der Waals surface area contributed by atoms with Gasteiger partial charge in [0.15, 0.2) is 0 Å². The Morgan fingerprint density at radius 2 is 2.38 bits per heavy atom. The summed E-state index contributed by atoms with van der Waals surface area (Å²) in [6.07, 6.45) is 1.70. The van der Waals surface area contributed by atoms with E-state index in [1.165, 1.54) is 0 Å². The molecule has 1 aliphatic carbocycles. The van der Waals surface area contributed by atoms with Crippen molar-refractivity contribution in [2.75, 3.05) is 19.6 Å². The van der Waals surface area contributed by atoms with Gasteiger partial charge in [-0.05, 0) is 19.4 Å². The van der Waals surface area contributed by atoms with Crippen molar-refractivity contribution >= 4 is 5.91 Å². The lowest BCUT2D eigenvalue weighted by Gasteiger charge is -2.34.